The predicted molar refractivity (Wildman–Crippen MR) is 85.5 cm³/mol. The van der Waals surface area contributed by atoms with E-state index < -0.39 is 0 Å². The fraction of sp³-hybridized carbons (Fsp3) is 0.500. The monoisotopic (exact) mass is 362 g/mol. The number of likely N-dealkylation sites (N-methyl/N-ethyl adjacent to an activating group) is 1. The van der Waals surface area contributed by atoms with Crippen LogP contribution in [0.3, 0.4) is 0 Å². The Morgan fingerprint density at radius 1 is 1.45 bits per heavy atom. The van der Waals surface area contributed by atoms with Crippen molar-refractivity contribution in [1.82, 2.24) is 10.2 Å². The second-order valence-corrected chi connectivity index (χ2v) is 5.60. The number of likely N-dealkylation sites (tertiary alicyclic amines) is 1. The predicted octanol–water partition coefficient (Wildman–Crippen LogP) is 2.46. The molecule has 1 aromatic carbocycles. The van der Waals surface area contributed by atoms with Crippen LogP contribution in [0.5, 0.6) is 5.75 Å². The van der Waals surface area contributed by atoms with Crippen LogP contribution in [0.25, 0.3) is 0 Å². The highest BCUT2D eigenvalue weighted by Crippen LogP contribution is 2.18. The lowest BCUT2D eigenvalue weighted by molar-refractivity contribution is -0.134. The van der Waals surface area contributed by atoms with Gasteiger partial charge in [0.2, 0.25) is 0 Å². The SMILES string of the molecule is CNCC1CCCN1C(=O)COc1ccc(Br)cc1.Cl. The molecule has 1 unspecified atom stereocenters. The summed E-state index contributed by atoms with van der Waals surface area (Å²) in [5.74, 6) is 0.793. The largest absolute Gasteiger partial charge is 0.484 e. The number of hydrogen-bond donors (Lipinski definition) is 1. The first kappa shape index (κ1) is 17.3. The van der Waals surface area contributed by atoms with Gasteiger partial charge < -0.3 is 15.0 Å². The number of rotatable bonds is 5. The minimum Gasteiger partial charge on any atom is -0.484 e. The smallest absolute Gasteiger partial charge is 0.260 e. The maximum Gasteiger partial charge on any atom is 0.260 e. The van der Waals surface area contributed by atoms with E-state index in [1.165, 1.54) is 0 Å². The number of hydrogen-bond acceptors (Lipinski definition) is 3. The van der Waals surface area contributed by atoms with E-state index in [0.29, 0.717) is 6.04 Å². The van der Waals surface area contributed by atoms with E-state index >= 15 is 0 Å². The van der Waals surface area contributed by atoms with E-state index in [0.717, 1.165) is 36.2 Å². The molecule has 0 bridgehead atoms. The summed E-state index contributed by atoms with van der Waals surface area (Å²) in [6, 6.07) is 7.82. The Morgan fingerprint density at radius 3 is 2.80 bits per heavy atom. The van der Waals surface area contributed by atoms with Crippen molar-refractivity contribution in [2.24, 2.45) is 0 Å². The van der Waals surface area contributed by atoms with Crippen molar-refractivity contribution in [2.45, 2.75) is 18.9 Å². The van der Waals surface area contributed by atoms with Gasteiger partial charge in [-0.15, -0.1) is 12.4 Å². The lowest BCUT2D eigenvalue weighted by atomic mass is 10.2. The third-order valence-corrected chi connectivity index (χ3v) is 3.84. The van der Waals surface area contributed by atoms with Crippen molar-refractivity contribution >= 4 is 34.2 Å². The number of nitrogens with one attached hydrogen (secondary N) is 1. The minimum absolute atomic E-state index is 0. The molecule has 1 fully saturated rings. The Morgan fingerprint density at radius 2 is 2.15 bits per heavy atom. The van der Waals surface area contributed by atoms with Gasteiger partial charge in [-0.05, 0) is 44.2 Å². The molecule has 1 atom stereocenters. The molecule has 1 amide bonds. The summed E-state index contributed by atoms with van der Waals surface area (Å²) in [5.41, 5.74) is 0. The molecule has 0 spiro atoms. The number of nitrogens with zero attached hydrogens (tertiary/aromatic N) is 1. The van der Waals surface area contributed by atoms with Crippen molar-refractivity contribution in [2.75, 3.05) is 26.7 Å². The number of ether oxygens (including phenoxy) is 1. The van der Waals surface area contributed by atoms with Gasteiger partial charge >= 0.3 is 0 Å². The molecule has 1 aliphatic rings. The number of amides is 1. The second kappa shape index (κ2) is 8.49. The first-order valence-corrected chi connectivity index (χ1v) is 7.32. The average molecular weight is 364 g/mol. The summed E-state index contributed by atoms with van der Waals surface area (Å²) in [7, 11) is 1.92. The van der Waals surface area contributed by atoms with Gasteiger partial charge in [-0.2, -0.15) is 0 Å². The Hall–Kier alpha value is -0.780. The van der Waals surface area contributed by atoms with E-state index in [1.54, 1.807) is 0 Å². The van der Waals surface area contributed by atoms with Crippen LogP contribution in [0.2, 0.25) is 0 Å². The average Bonchev–Trinajstić information content (AvgIpc) is 2.86. The van der Waals surface area contributed by atoms with Gasteiger partial charge in [-0.25, -0.2) is 0 Å². The van der Waals surface area contributed by atoms with Gasteiger partial charge in [0.1, 0.15) is 5.75 Å². The summed E-state index contributed by atoms with van der Waals surface area (Å²) in [6.45, 7) is 1.81. The van der Waals surface area contributed by atoms with Crippen molar-refractivity contribution in [3.05, 3.63) is 28.7 Å². The standard InChI is InChI=1S/C14H19BrN2O2.ClH/c1-16-9-12-3-2-8-17(12)14(18)10-19-13-6-4-11(15)5-7-13;/h4-7,12,16H,2-3,8-10H2,1H3;1H. The highest BCUT2D eigenvalue weighted by Gasteiger charge is 2.28. The lowest BCUT2D eigenvalue weighted by Crippen LogP contribution is -2.43. The number of carbonyl (C=O) groups is 1. The third-order valence-electron chi connectivity index (χ3n) is 3.31. The molecule has 0 radical (unpaired) electrons. The van der Waals surface area contributed by atoms with Crippen LogP contribution < -0.4 is 10.1 Å². The van der Waals surface area contributed by atoms with Gasteiger partial charge in [0.15, 0.2) is 6.61 Å². The summed E-state index contributed by atoms with van der Waals surface area (Å²) >= 11 is 3.37. The van der Waals surface area contributed by atoms with Crippen LogP contribution in [-0.4, -0.2) is 43.6 Å². The molecular formula is C14H20BrClN2O2. The third kappa shape index (κ3) is 4.65. The van der Waals surface area contributed by atoms with Crippen LogP contribution in [-0.2, 0) is 4.79 Å². The molecule has 4 nitrogen and oxygen atoms in total. The maximum absolute atomic E-state index is 12.1. The summed E-state index contributed by atoms with van der Waals surface area (Å²) in [6.07, 6.45) is 2.15. The van der Waals surface area contributed by atoms with E-state index in [1.807, 2.05) is 36.2 Å². The molecular weight excluding hydrogens is 344 g/mol. The molecule has 1 aromatic rings. The van der Waals surface area contributed by atoms with Gasteiger partial charge in [-0.1, -0.05) is 15.9 Å². The quantitative estimate of drug-likeness (QED) is 0.874. The molecule has 0 aromatic heterocycles. The second-order valence-electron chi connectivity index (χ2n) is 4.68. The number of carbonyl (C=O) groups excluding carboxylic acids is 1. The van der Waals surface area contributed by atoms with Crippen LogP contribution >= 0.6 is 28.3 Å². The molecule has 0 saturated carbocycles. The number of benzene rings is 1. The maximum atomic E-state index is 12.1. The van der Waals surface area contributed by atoms with E-state index in [4.69, 9.17) is 4.74 Å². The van der Waals surface area contributed by atoms with Crippen molar-refractivity contribution < 1.29 is 9.53 Å². The molecule has 0 aliphatic carbocycles. The van der Waals surface area contributed by atoms with E-state index in [2.05, 4.69) is 21.2 Å². The summed E-state index contributed by atoms with van der Waals surface area (Å²) < 4.78 is 6.53. The molecule has 1 N–H and O–H groups in total. The van der Waals surface area contributed by atoms with Gasteiger partial charge in [0.25, 0.3) is 5.91 Å². The molecule has 20 heavy (non-hydrogen) atoms. The summed E-state index contributed by atoms with van der Waals surface area (Å²) in [4.78, 5) is 14.1. The Balaban J connectivity index is 0.00000200. The van der Waals surface area contributed by atoms with Crippen molar-refractivity contribution in [3.63, 3.8) is 0 Å². The molecule has 1 heterocycles. The molecule has 1 saturated heterocycles. The van der Waals surface area contributed by atoms with Crippen LogP contribution in [0, 0.1) is 0 Å². The molecule has 112 valence electrons. The Labute approximate surface area is 134 Å². The van der Waals surface area contributed by atoms with Crippen molar-refractivity contribution in [1.29, 1.82) is 0 Å². The van der Waals surface area contributed by atoms with Gasteiger partial charge in [0.05, 0.1) is 0 Å². The lowest BCUT2D eigenvalue weighted by Gasteiger charge is -2.24. The fourth-order valence-electron chi connectivity index (χ4n) is 2.37. The van der Waals surface area contributed by atoms with Crippen molar-refractivity contribution in [3.8, 4) is 5.75 Å². The molecule has 6 heteroatoms. The summed E-state index contributed by atoms with van der Waals surface area (Å²) in [5, 5.41) is 3.13. The molecule has 1 aliphatic heterocycles. The zero-order valence-corrected chi connectivity index (χ0v) is 13.9. The Bertz CT molecular complexity index is 428. The number of halogens is 2. The first-order chi connectivity index (χ1) is 9.20. The van der Waals surface area contributed by atoms with Crippen LogP contribution in [0.4, 0.5) is 0 Å². The minimum atomic E-state index is 0. The van der Waals surface area contributed by atoms with E-state index in [9.17, 15) is 4.79 Å². The normalized spacial score (nSPS) is 17.7. The highest BCUT2D eigenvalue weighted by molar-refractivity contribution is 9.10. The fourth-order valence-corrected chi connectivity index (χ4v) is 2.64. The zero-order valence-electron chi connectivity index (χ0n) is 11.5. The zero-order chi connectivity index (χ0) is 13.7. The van der Waals surface area contributed by atoms with Gasteiger partial charge in [-0.3, -0.25) is 4.79 Å². The van der Waals surface area contributed by atoms with E-state index in [-0.39, 0.29) is 24.9 Å². The Kier molecular flexibility index (Phi) is 7.34. The topological polar surface area (TPSA) is 41.6 Å². The van der Waals surface area contributed by atoms with Gasteiger partial charge in [0, 0.05) is 23.6 Å². The highest BCUT2D eigenvalue weighted by atomic mass is 79.9. The van der Waals surface area contributed by atoms with Crippen LogP contribution in [0.15, 0.2) is 28.7 Å². The first-order valence-electron chi connectivity index (χ1n) is 6.53. The van der Waals surface area contributed by atoms with Crippen LogP contribution in [0.1, 0.15) is 12.8 Å². The molecule has 2 rings (SSSR count).